The largest absolute Gasteiger partial charge is 0.481 e. The Balaban J connectivity index is 0.00000225. The van der Waals surface area contributed by atoms with Gasteiger partial charge in [0.05, 0.1) is 0 Å². The third-order valence-corrected chi connectivity index (χ3v) is 5.13. The number of nitrogens with zero attached hydrogens (tertiary/aromatic N) is 1. The highest BCUT2D eigenvalue weighted by molar-refractivity contribution is 7.80. The molecule has 0 aliphatic carbocycles. The van der Waals surface area contributed by atoms with Crippen LogP contribution in [-0.2, 0) is 6.54 Å². The van der Waals surface area contributed by atoms with Gasteiger partial charge in [0.2, 0.25) is 0 Å². The van der Waals surface area contributed by atoms with E-state index in [1.807, 2.05) is 43.3 Å². The summed E-state index contributed by atoms with van der Waals surface area (Å²) >= 11 is 11.3. The smallest absolute Gasteiger partial charge is 0.153 e. The lowest BCUT2D eigenvalue weighted by atomic mass is 10.1. The fraction of sp³-hybridized carbons (Fsp3) is 0.333. The number of nitrogens with one attached hydrogen (secondary N) is 2. The Morgan fingerprint density at radius 2 is 1.83 bits per heavy atom. The molecule has 30 heavy (non-hydrogen) atoms. The van der Waals surface area contributed by atoms with Gasteiger partial charge in [-0.15, -0.1) is 24.8 Å². The molecule has 2 aromatic carbocycles. The van der Waals surface area contributed by atoms with Crippen LogP contribution in [0, 0.1) is 0 Å². The second kappa shape index (κ2) is 13.0. The highest BCUT2D eigenvalue weighted by Gasteiger charge is 2.18. The minimum atomic E-state index is -0.169. The average Bonchev–Trinajstić information content (AvgIpc) is 2.68. The Morgan fingerprint density at radius 3 is 2.57 bits per heavy atom. The number of amidine groups is 1. The van der Waals surface area contributed by atoms with Crippen molar-refractivity contribution in [3.63, 3.8) is 0 Å². The SMILES string of the molecule is CC1Oc2ccc(CNCCCCNC(=S)c3ccc(Cl)cc3)cc2N=C1N.Cl.Cl. The molecule has 5 nitrogen and oxygen atoms in total. The average molecular weight is 490 g/mol. The zero-order valence-electron chi connectivity index (χ0n) is 16.7. The lowest BCUT2D eigenvalue weighted by Gasteiger charge is -2.21. The Kier molecular flexibility index (Phi) is 11.4. The zero-order chi connectivity index (χ0) is 19.9. The standard InChI is InChI=1S/C21H25ClN4OS.2ClH/c1-14-20(23)26-18-12-15(4-9-19(18)27-14)13-24-10-2-3-11-25-21(28)16-5-7-17(22)8-6-16;;/h4-9,12,14,24H,2-3,10-11,13H2,1H3,(H2,23,26)(H,25,28);2*1H. The lowest BCUT2D eigenvalue weighted by Crippen LogP contribution is -2.33. The van der Waals surface area contributed by atoms with Gasteiger partial charge in [0, 0.05) is 23.7 Å². The molecule has 0 amide bonds. The van der Waals surface area contributed by atoms with Crippen LogP contribution in [0.2, 0.25) is 5.02 Å². The number of aliphatic imine (C=N–C) groups is 1. The maximum atomic E-state index is 5.89. The molecule has 1 atom stereocenters. The molecular formula is C21H27Cl3N4OS. The van der Waals surface area contributed by atoms with Crippen molar-refractivity contribution < 1.29 is 4.74 Å². The first kappa shape index (κ1) is 26.5. The van der Waals surface area contributed by atoms with Gasteiger partial charge in [0.1, 0.15) is 22.3 Å². The number of nitrogens with two attached hydrogens (primary N) is 1. The van der Waals surface area contributed by atoms with Gasteiger partial charge in [-0.1, -0.05) is 42.0 Å². The van der Waals surface area contributed by atoms with Crippen LogP contribution in [0.1, 0.15) is 30.9 Å². The summed E-state index contributed by atoms with van der Waals surface area (Å²) in [4.78, 5) is 5.18. The molecule has 164 valence electrons. The molecule has 1 heterocycles. The van der Waals surface area contributed by atoms with Crippen molar-refractivity contribution in [1.29, 1.82) is 0 Å². The van der Waals surface area contributed by atoms with Crippen molar-refractivity contribution in [3.05, 3.63) is 58.6 Å². The summed E-state index contributed by atoms with van der Waals surface area (Å²) in [7, 11) is 0. The highest BCUT2D eigenvalue weighted by Crippen LogP contribution is 2.32. The topological polar surface area (TPSA) is 71.7 Å². The third kappa shape index (κ3) is 7.60. The summed E-state index contributed by atoms with van der Waals surface area (Å²) in [5.74, 6) is 1.30. The minimum Gasteiger partial charge on any atom is -0.481 e. The molecule has 0 bridgehead atoms. The first-order valence-corrected chi connectivity index (χ1v) is 10.2. The molecule has 0 radical (unpaired) electrons. The Bertz CT molecular complexity index is 862. The summed E-state index contributed by atoms with van der Waals surface area (Å²) < 4.78 is 5.73. The van der Waals surface area contributed by atoms with Crippen LogP contribution in [0.4, 0.5) is 5.69 Å². The van der Waals surface area contributed by atoms with Gasteiger partial charge >= 0.3 is 0 Å². The van der Waals surface area contributed by atoms with Gasteiger partial charge in [-0.25, -0.2) is 4.99 Å². The molecule has 0 saturated heterocycles. The predicted octanol–water partition coefficient (Wildman–Crippen LogP) is 4.79. The molecule has 3 rings (SSSR count). The van der Waals surface area contributed by atoms with E-state index >= 15 is 0 Å². The zero-order valence-corrected chi connectivity index (χ0v) is 19.9. The molecule has 2 aromatic rings. The number of halogens is 3. The number of fused-ring (bicyclic) bond motifs is 1. The molecule has 1 unspecified atom stereocenters. The van der Waals surface area contributed by atoms with Crippen LogP contribution in [-0.4, -0.2) is 30.0 Å². The van der Waals surface area contributed by atoms with Crippen LogP contribution in [0.25, 0.3) is 0 Å². The number of benzene rings is 2. The quantitative estimate of drug-likeness (QED) is 0.367. The fourth-order valence-electron chi connectivity index (χ4n) is 2.85. The van der Waals surface area contributed by atoms with Crippen molar-refractivity contribution in [2.75, 3.05) is 13.1 Å². The van der Waals surface area contributed by atoms with E-state index in [2.05, 4.69) is 21.7 Å². The Labute approximate surface area is 200 Å². The normalized spacial score (nSPS) is 14.3. The molecule has 0 saturated carbocycles. The van der Waals surface area contributed by atoms with E-state index in [1.54, 1.807) is 0 Å². The van der Waals surface area contributed by atoms with Gasteiger partial charge in [0.15, 0.2) is 6.10 Å². The molecular weight excluding hydrogens is 463 g/mol. The van der Waals surface area contributed by atoms with E-state index < -0.39 is 0 Å². The van der Waals surface area contributed by atoms with Crippen molar-refractivity contribution in [2.24, 2.45) is 10.7 Å². The third-order valence-electron chi connectivity index (χ3n) is 4.49. The van der Waals surface area contributed by atoms with Gasteiger partial charge in [0.25, 0.3) is 0 Å². The van der Waals surface area contributed by atoms with Crippen LogP contribution < -0.4 is 21.1 Å². The van der Waals surface area contributed by atoms with E-state index in [9.17, 15) is 0 Å². The maximum absolute atomic E-state index is 5.89. The van der Waals surface area contributed by atoms with E-state index in [-0.39, 0.29) is 30.9 Å². The van der Waals surface area contributed by atoms with Crippen molar-refractivity contribution in [1.82, 2.24) is 10.6 Å². The molecule has 0 aromatic heterocycles. The van der Waals surface area contributed by atoms with Crippen LogP contribution >= 0.6 is 48.6 Å². The number of ether oxygens (including phenoxy) is 1. The van der Waals surface area contributed by atoms with Crippen molar-refractivity contribution in [3.8, 4) is 5.75 Å². The first-order chi connectivity index (χ1) is 13.5. The summed E-state index contributed by atoms with van der Waals surface area (Å²) in [6.45, 7) is 4.47. The summed E-state index contributed by atoms with van der Waals surface area (Å²) in [5.41, 5.74) is 8.82. The molecule has 0 fully saturated rings. The number of hydrogen-bond acceptors (Lipinski definition) is 5. The number of thiocarbonyl (C=S) groups is 1. The first-order valence-electron chi connectivity index (χ1n) is 9.41. The second-order valence-corrected chi connectivity index (χ2v) is 7.59. The predicted molar refractivity (Wildman–Crippen MR) is 134 cm³/mol. The monoisotopic (exact) mass is 488 g/mol. The maximum Gasteiger partial charge on any atom is 0.153 e. The second-order valence-electron chi connectivity index (χ2n) is 6.75. The Morgan fingerprint density at radius 1 is 1.13 bits per heavy atom. The van der Waals surface area contributed by atoms with Gasteiger partial charge < -0.3 is 21.1 Å². The van der Waals surface area contributed by atoms with Crippen molar-refractivity contribution in [2.45, 2.75) is 32.4 Å². The van der Waals surface area contributed by atoms with Gasteiger partial charge in [-0.05, 0) is 56.1 Å². The minimum absolute atomic E-state index is 0. The van der Waals surface area contributed by atoms with E-state index in [0.717, 1.165) is 60.0 Å². The van der Waals surface area contributed by atoms with Crippen LogP contribution in [0.3, 0.4) is 0 Å². The molecule has 4 N–H and O–H groups in total. The summed E-state index contributed by atoms with van der Waals surface area (Å²) in [6.07, 6.45) is 1.93. The summed E-state index contributed by atoms with van der Waals surface area (Å²) in [6, 6.07) is 13.6. The van der Waals surface area contributed by atoms with E-state index in [4.69, 9.17) is 34.3 Å². The number of unbranched alkanes of at least 4 members (excludes halogenated alkanes) is 1. The van der Waals surface area contributed by atoms with Crippen LogP contribution in [0.5, 0.6) is 5.75 Å². The van der Waals surface area contributed by atoms with Crippen LogP contribution in [0.15, 0.2) is 47.5 Å². The van der Waals surface area contributed by atoms with Gasteiger partial charge in [-0.3, -0.25) is 0 Å². The fourth-order valence-corrected chi connectivity index (χ4v) is 3.22. The van der Waals surface area contributed by atoms with E-state index in [1.165, 1.54) is 0 Å². The number of rotatable bonds is 8. The lowest BCUT2D eigenvalue weighted by molar-refractivity contribution is 0.281. The summed E-state index contributed by atoms with van der Waals surface area (Å²) in [5, 5.41) is 7.46. The van der Waals surface area contributed by atoms with Gasteiger partial charge in [-0.2, -0.15) is 0 Å². The Hall–Kier alpha value is -1.57. The molecule has 9 heteroatoms. The van der Waals surface area contributed by atoms with Crippen molar-refractivity contribution >= 4 is 65.1 Å². The van der Waals surface area contributed by atoms with E-state index in [0.29, 0.717) is 10.9 Å². The highest BCUT2D eigenvalue weighted by atomic mass is 35.5. The molecule has 1 aliphatic heterocycles. The number of hydrogen-bond donors (Lipinski definition) is 3. The molecule has 0 spiro atoms. The molecule has 1 aliphatic rings.